The zero-order valence-corrected chi connectivity index (χ0v) is 20.5. The van der Waals surface area contributed by atoms with E-state index in [0.29, 0.717) is 5.56 Å². The van der Waals surface area contributed by atoms with Crippen molar-refractivity contribution < 1.29 is 124 Å². The number of benzene rings is 2. The maximum absolute atomic E-state index is 12.7. The zero-order valence-electron chi connectivity index (χ0n) is 13.4. The fraction of sp³-hybridized carbons (Fsp3) is 0. The van der Waals surface area contributed by atoms with Gasteiger partial charge in [0.1, 0.15) is 0 Å². The van der Waals surface area contributed by atoms with E-state index in [9.17, 15) is 13.2 Å². The monoisotopic (exact) mass is 409 g/mol. The van der Waals surface area contributed by atoms with Crippen molar-refractivity contribution in [3.63, 3.8) is 0 Å². The van der Waals surface area contributed by atoms with Gasteiger partial charge < -0.3 is 14.3 Å². The molecule has 2 aromatic carbocycles. The summed E-state index contributed by atoms with van der Waals surface area (Å²) in [5.41, 5.74) is 5.48. The molecule has 25 heavy (non-hydrogen) atoms. The summed E-state index contributed by atoms with van der Waals surface area (Å²) < 4.78 is 40.7. The Labute approximate surface area is 228 Å². The molecule has 0 fully saturated rings. The van der Waals surface area contributed by atoms with Gasteiger partial charge in [-0.15, -0.1) is 17.7 Å². The molecule has 3 aromatic rings. The smallest absolute Gasteiger partial charge is 0.488 e. The van der Waals surface area contributed by atoms with E-state index in [2.05, 4.69) is 16.3 Å². The van der Waals surface area contributed by atoms with Crippen molar-refractivity contribution in [1.29, 1.82) is 0 Å². The summed E-state index contributed by atoms with van der Waals surface area (Å²) in [6, 6.07) is 14.1. The normalized spacial score (nSPS) is 10.6. The second kappa shape index (κ2) is 9.57. The summed E-state index contributed by atoms with van der Waals surface area (Å²) in [5, 5.41) is 0.131. The Bertz CT molecular complexity index is 1050. The van der Waals surface area contributed by atoms with Gasteiger partial charge in [0, 0.05) is 5.58 Å². The van der Waals surface area contributed by atoms with Gasteiger partial charge in [0.2, 0.25) is 0 Å². The SMILES string of the molecule is Nc1[c-]cc2oc(OS(=O)(=O)O)c(-c3cc[c-]cc3)c(=O)c2c1.[K+].[K+]. The van der Waals surface area contributed by atoms with Crippen molar-refractivity contribution in [2.45, 2.75) is 0 Å². The third-order valence-corrected chi connectivity index (χ3v) is 3.36. The molecule has 1 heterocycles. The Morgan fingerprint density at radius 3 is 2.44 bits per heavy atom. The molecule has 7 nitrogen and oxygen atoms in total. The summed E-state index contributed by atoms with van der Waals surface area (Å²) in [6.45, 7) is 0. The average Bonchev–Trinajstić information content (AvgIpc) is 2.48. The molecule has 0 spiro atoms. The van der Waals surface area contributed by atoms with Crippen molar-refractivity contribution in [3.05, 3.63) is 58.8 Å². The van der Waals surface area contributed by atoms with Crippen molar-refractivity contribution in [3.8, 4) is 17.1 Å². The Balaban J connectivity index is 0.00000156. The summed E-state index contributed by atoms with van der Waals surface area (Å²) in [7, 11) is -4.88. The maximum Gasteiger partial charge on any atom is 1.00 e. The van der Waals surface area contributed by atoms with Gasteiger partial charge in [0.15, 0.2) is 5.43 Å². The van der Waals surface area contributed by atoms with E-state index < -0.39 is 21.8 Å². The minimum Gasteiger partial charge on any atom is -0.488 e. The van der Waals surface area contributed by atoms with Crippen LogP contribution in [0.2, 0.25) is 0 Å². The van der Waals surface area contributed by atoms with E-state index in [1.165, 1.54) is 36.4 Å². The van der Waals surface area contributed by atoms with Crippen LogP contribution in [0.4, 0.5) is 5.69 Å². The number of anilines is 1. The van der Waals surface area contributed by atoms with Crippen molar-refractivity contribution in [1.82, 2.24) is 0 Å². The molecule has 0 aliphatic heterocycles. The first kappa shape index (κ1) is 23.5. The fourth-order valence-corrected chi connectivity index (χ4v) is 2.40. The van der Waals surface area contributed by atoms with Crippen molar-refractivity contribution >= 4 is 27.1 Å². The molecule has 118 valence electrons. The summed E-state index contributed by atoms with van der Waals surface area (Å²) in [5.74, 6) is -0.644. The Kier molecular flexibility index (Phi) is 8.99. The van der Waals surface area contributed by atoms with Gasteiger partial charge in [-0.05, 0) is 5.39 Å². The molecule has 1 aromatic heterocycles. The Morgan fingerprint density at radius 2 is 1.84 bits per heavy atom. The van der Waals surface area contributed by atoms with E-state index in [1.807, 2.05) is 0 Å². The van der Waals surface area contributed by atoms with Crippen LogP contribution in [0.15, 0.2) is 45.6 Å². The van der Waals surface area contributed by atoms with E-state index >= 15 is 0 Å². The van der Waals surface area contributed by atoms with Crippen LogP contribution in [-0.2, 0) is 10.4 Å². The maximum atomic E-state index is 12.7. The molecule has 0 unspecified atom stereocenters. The summed E-state index contributed by atoms with van der Waals surface area (Å²) in [4.78, 5) is 12.7. The van der Waals surface area contributed by atoms with Crippen LogP contribution in [0.1, 0.15) is 0 Å². The van der Waals surface area contributed by atoms with Crippen LogP contribution in [-0.4, -0.2) is 13.0 Å². The topological polar surface area (TPSA) is 120 Å². The van der Waals surface area contributed by atoms with Crippen LogP contribution >= 0.6 is 0 Å². The average molecular weight is 410 g/mol. The molecule has 10 heteroatoms. The molecule has 0 aliphatic carbocycles. The zero-order chi connectivity index (χ0) is 16.6. The second-order valence-corrected chi connectivity index (χ2v) is 5.58. The standard InChI is InChI=1S/C15H9NO6S.2K/c16-10-6-7-12-11(8-10)14(17)13(9-4-2-1-3-5-9)15(21-12)22-23(18,19)20;;/h2-5,7-8H,16H2,(H,18,19,20);;/q-2;2*+1. The minimum absolute atomic E-state index is 0. The molecular weight excluding hydrogens is 400 g/mol. The number of nitrogen functional groups attached to an aromatic ring is 1. The van der Waals surface area contributed by atoms with Crippen LogP contribution in [0.5, 0.6) is 5.95 Å². The van der Waals surface area contributed by atoms with Gasteiger partial charge in [0.25, 0.3) is 0 Å². The minimum atomic E-state index is -4.88. The first-order chi connectivity index (χ1) is 10.8. The number of rotatable bonds is 3. The molecule has 0 aliphatic rings. The van der Waals surface area contributed by atoms with Crippen LogP contribution in [0.25, 0.3) is 22.1 Å². The van der Waals surface area contributed by atoms with Gasteiger partial charge in [0.05, 0.1) is 5.56 Å². The van der Waals surface area contributed by atoms with Gasteiger partial charge in [-0.25, -0.2) is 0 Å². The van der Waals surface area contributed by atoms with E-state index in [0.717, 1.165) is 0 Å². The fourth-order valence-electron chi connectivity index (χ4n) is 2.09. The molecule has 0 saturated heterocycles. The summed E-state index contributed by atoms with van der Waals surface area (Å²) in [6.07, 6.45) is 0. The molecule has 0 atom stereocenters. The van der Waals surface area contributed by atoms with Crippen LogP contribution < -0.4 is 118 Å². The second-order valence-electron chi connectivity index (χ2n) is 4.56. The van der Waals surface area contributed by atoms with Gasteiger partial charge >= 0.3 is 119 Å². The predicted molar refractivity (Wildman–Crippen MR) is 82.2 cm³/mol. The van der Waals surface area contributed by atoms with E-state index in [-0.39, 0.29) is 125 Å². The molecule has 3 N–H and O–H groups in total. The molecule has 0 saturated carbocycles. The van der Waals surface area contributed by atoms with Gasteiger partial charge in [-0.1, -0.05) is 5.69 Å². The first-order valence-electron chi connectivity index (χ1n) is 6.26. The third kappa shape index (κ3) is 5.70. The number of hydrogen-bond donors (Lipinski definition) is 2. The van der Waals surface area contributed by atoms with Crippen molar-refractivity contribution in [2.24, 2.45) is 0 Å². The van der Waals surface area contributed by atoms with Gasteiger partial charge in [-0.3, -0.25) is 9.35 Å². The van der Waals surface area contributed by atoms with E-state index in [4.69, 9.17) is 14.7 Å². The van der Waals surface area contributed by atoms with Crippen molar-refractivity contribution in [2.75, 3.05) is 5.73 Å². The number of hydrogen-bond acceptors (Lipinski definition) is 6. The molecular formula is C15H9K2NO6S. The van der Waals surface area contributed by atoms with Crippen LogP contribution in [0, 0.1) is 12.1 Å². The van der Waals surface area contributed by atoms with Crippen LogP contribution in [0.3, 0.4) is 0 Å². The number of fused-ring (bicyclic) bond motifs is 1. The van der Waals surface area contributed by atoms with E-state index in [1.54, 1.807) is 0 Å². The Hall–Kier alpha value is 0.433. The predicted octanol–water partition coefficient (Wildman–Crippen LogP) is -4.17. The third-order valence-electron chi connectivity index (χ3n) is 3.00. The first-order valence-corrected chi connectivity index (χ1v) is 7.63. The largest absolute Gasteiger partial charge is 1.00 e. The van der Waals surface area contributed by atoms with Gasteiger partial charge in [-0.2, -0.15) is 44.8 Å². The quantitative estimate of drug-likeness (QED) is 0.195. The number of nitrogens with two attached hydrogens (primary N) is 1. The summed E-state index contributed by atoms with van der Waals surface area (Å²) >= 11 is 0. The molecule has 0 amide bonds. The Morgan fingerprint density at radius 1 is 1.20 bits per heavy atom. The molecule has 0 bridgehead atoms. The molecule has 0 radical (unpaired) electrons. The molecule has 3 rings (SSSR count).